The first-order valence-electron chi connectivity index (χ1n) is 7.78. The van der Waals surface area contributed by atoms with Crippen LogP contribution in [-0.2, 0) is 9.59 Å². The van der Waals surface area contributed by atoms with Gasteiger partial charge in [0.25, 0.3) is 0 Å². The summed E-state index contributed by atoms with van der Waals surface area (Å²) in [7, 11) is 2.04. The van der Waals surface area contributed by atoms with E-state index >= 15 is 0 Å². The minimum Gasteiger partial charge on any atom is -0.481 e. The van der Waals surface area contributed by atoms with Crippen molar-refractivity contribution >= 4 is 11.9 Å². The molecule has 1 aliphatic heterocycles. The minimum absolute atomic E-state index is 0.155. The van der Waals surface area contributed by atoms with Gasteiger partial charge in [0.1, 0.15) is 0 Å². The molecule has 0 aromatic carbocycles. The first-order valence-corrected chi connectivity index (χ1v) is 7.78. The van der Waals surface area contributed by atoms with Crippen molar-refractivity contribution < 1.29 is 14.7 Å². The number of piperidine rings is 1. The molecular formula is C15H26N2O3. The number of carboxylic acid groups (broad SMARTS) is 1. The quantitative estimate of drug-likeness (QED) is 0.850. The molecule has 5 nitrogen and oxygen atoms in total. The van der Waals surface area contributed by atoms with Gasteiger partial charge >= 0.3 is 5.97 Å². The third-order valence-electron chi connectivity index (χ3n) is 4.78. The normalized spacial score (nSPS) is 22.2. The SMILES string of the molecule is CN(CC(=O)N1CCC(C(=O)O)CC1)C1CCCCC1. The topological polar surface area (TPSA) is 60.9 Å². The number of amides is 1. The zero-order chi connectivity index (χ0) is 14.5. The van der Waals surface area contributed by atoms with Crippen LogP contribution in [0.2, 0.25) is 0 Å². The van der Waals surface area contributed by atoms with Crippen molar-refractivity contribution in [2.24, 2.45) is 5.92 Å². The van der Waals surface area contributed by atoms with Gasteiger partial charge in [0, 0.05) is 19.1 Å². The highest BCUT2D eigenvalue weighted by atomic mass is 16.4. The maximum atomic E-state index is 12.3. The van der Waals surface area contributed by atoms with E-state index in [9.17, 15) is 9.59 Å². The molecule has 2 rings (SSSR count). The molecular weight excluding hydrogens is 256 g/mol. The fourth-order valence-corrected chi connectivity index (χ4v) is 3.34. The molecule has 20 heavy (non-hydrogen) atoms. The number of aliphatic carboxylic acids is 1. The molecule has 2 aliphatic rings. The van der Waals surface area contributed by atoms with Gasteiger partial charge < -0.3 is 10.0 Å². The molecule has 1 saturated carbocycles. The molecule has 114 valence electrons. The fourth-order valence-electron chi connectivity index (χ4n) is 3.34. The molecule has 1 aliphatic carbocycles. The van der Waals surface area contributed by atoms with E-state index in [-0.39, 0.29) is 11.8 Å². The van der Waals surface area contributed by atoms with E-state index in [0.717, 1.165) is 0 Å². The minimum atomic E-state index is -0.726. The maximum Gasteiger partial charge on any atom is 0.306 e. The van der Waals surface area contributed by atoms with Crippen LogP contribution in [0.25, 0.3) is 0 Å². The molecule has 0 bridgehead atoms. The van der Waals surface area contributed by atoms with Crippen LogP contribution in [0.5, 0.6) is 0 Å². The highest BCUT2D eigenvalue weighted by Crippen LogP contribution is 2.22. The van der Waals surface area contributed by atoms with Crippen LogP contribution in [0.1, 0.15) is 44.9 Å². The Kier molecular flexibility index (Phi) is 5.40. The summed E-state index contributed by atoms with van der Waals surface area (Å²) in [6.45, 7) is 1.66. The van der Waals surface area contributed by atoms with Gasteiger partial charge in [-0.25, -0.2) is 0 Å². The standard InChI is InChI=1S/C15H26N2O3/c1-16(13-5-3-2-4-6-13)11-14(18)17-9-7-12(8-10-17)15(19)20/h12-13H,2-11H2,1H3,(H,19,20). The number of likely N-dealkylation sites (tertiary alicyclic amines) is 1. The number of hydrogen-bond donors (Lipinski definition) is 1. The van der Waals surface area contributed by atoms with Crippen molar-refractivity contribution in [1.29, 1.82) is 0 Å². The second kappa shape index (κ2) is 7.07. The van der Waals surface area contributed by atoms with Crippen molar-refractivity contribution in [3.8, 4) is 0 Å². The van der Waals surface area contributed by atoms with E-state index in [1.807, 2.05) is 11.9 Å². The van der Waals surface area contributed by atoms with Gasteiger partial charge in [0.15, 0.2) is 0 Å². The number of hydrogen-bond acceptors (Lipinski definition) is 3. The fraction of sp³-hybridized carbons (Fsp3) is 0.867. The maximum absolute atomic E-state index is 12.3. The van der Waals surface area contributed by atoms with Crippen LogP contribution >= 0.6 is 0 Å². The lowest BCUT2D eigenvalue weighted by molar-refractivity contribution is -0.146. The second-order valence-electron chi connectivity index (χ2n) is 6.20. The van der Waals surface area contributed by atoms with Gasteiger partial charge in [0.2, 0.25) is 5.91 Å². The van der Waals surface area contributed by atoms with Crippen molar-refractivity contribution in [1.82, 2.24) is 9.80 Å². The molecule has 0 radical (unpaired) electrons. The number of carbonyl (C=O) groups excluding carboxylic acids is 1. The first kappa shape index (κ1) is 15.3. The van der Waals surface area contributed by atoms with Gasteiger partial charge in [0.05, 0.1) is 12.5 Å². The lowest BCUT2D eigenvalue weighted by Crippen LogP contribution is -2.46. The predicted octanol–water partition coefficient (Wildman–Crippen LogP) is 1.57. The Labute approximate surface area is 120 Å². The van der Waals surface area contributed by atoms with Crippen LogP contribution in [0.15, 0.2) is 0 Å². The van der Waals surface area contributed by atoms with Gasteiger partial charge in [-0.3, -0.25) is 14.5 Å². The average molecular weight is 282 g/mol. The lowest BCUT2D eigenvalue weighted by atomic mass is 9.94. The average Bonchev–Trinajstić information content (AvgIpc) is 2.48. The molecule has 0 aromatic rings. The number of nitrogens with zero attached hydrogens (tertiary/aromatic N) is 2. The Hall–Kier alpha value is -1.10. The summed E-state index contributed by atoms with van der Waals surface area (Å²) in [5, 5.41) is 8.97. The van der Waals surface area contributed by atoms with Crippen molar-refractivity contribution in [2.45, 2.75) is 51.0 Å². The zero-order valence-corrected chi connectivity index (χ0v) is 12.4. The van der Waals surface area contributed by atoms with Crippen LogP contribution < -0.4 is 0 Å². The molecule has 0 aromatic heterocycles. The van der Waals surface area contributed by atoms with Gasteiger partial charge in [-0.2, -0.15) is 0 Å². The van der Waals surface area contributed by atoms with Crippen LogP contribution in [0, 0.1) is 5.92 Å². The Morgan fingerprint density at radius 2 is 1.70 bits per heavy atom. The monoisotopic (exact) mass is 282 g/mol. The Morgan fingerprint density at radius 1 is 1.10 bits per heavy atom. The van der Waals surface area contributed by atoms with Gasteiger partial charge in [-0.1, -0.05) is 19.3 Å². The Balaban J connectivity index is 1.76. The third-order valence-corrected chi connectivity index (χ3v) is 4.78. The molecule has 0 atom stereocenters. The molecule has 5 heteroatoms. The highest BCUT2D eigenvalue weighted by molar-refractivity contribution is 5.79. The molecule has 1 heterocycles. The smallest absolute Gasteiger partial charge is 0.306 e. The van der Waals surface area contributed by atoms with Crippen LogP contribution in [0.4, 0.5) is 0 Å². The van der Waals surface area contributed by atoms with E-state index in [0.29, 0.717) is 38.5 Å². The summed E-state index contributed by atoms with van der Waals surface area (Å²) < 4.78 is 0. The third kappa shape index (κ3) is 3.95. The summed E-state index contributed by atoms with van der Waals surface area (Å²) in [5.41, 5.74) is 0. The Morgan fingerprint density at radius 3 is 2.25 bits per heavy atom. The molecule has 1 saturated heterocycles. The largest absolute Gasteiger partial charge is 0.481 e. The van der Waals surface area contributed by atoms with E-state index in [4.69, 9.17) is 5.11 Å². The first-order chi connectivity index (χ1) is 9.58. The molecule has 0 unspecified atom stereocenters. The summed E-state index contributed by atoms with van der Waals surface area (Å²) in [5.74, 6) is -0.839. The van der Waals surface area contributed by atoms with Crippen molar-refractivity contribution in [2.75, 3.05) is 26.7 Å². The summed E-state index contributed by atoms with van der Waals surface area (Å²) in [4.78, 5) is 27.2. The van der Waals surface area contributed by atoms with E-state index in [1.165, 1.54) is 32.1 Å². The number of likely N-dealkylation sites (N-methyl/N-ethyl adjacent to an activating group) is 1. The second-order valence-corrected chi connectivity index (χ2v) is 6.20. The number of carboxylic acids is 1. The summed E-state index contributed by atoms with van der Waals surface area (Å²) >= 11 is 0. The van der Waals surface area contributed by atoms with E-state index in [2.05, 4.69) is 4.90 Å². The van der Waals surface area contributed by atoms with E-state index < -0.39 is 5.97 Å². The van der Waals surface area contributed by atoms with Crippen LogP contribution in [0.3, 0.4) is 0 Å². The van der Waals surface area contributed by atoms with E-state index in [1.54, 1.807) is 0 Å². The van der Waals surface area contributed by atoms with Crippen molar-refractivity contribution in [3.63, 3.8) is 0 Å². The lowest BCUT2D eigenvalue weighted by Gasteiger charge is -2.34. The zero-order valence-electron chi connectivity index (χ0n) is 12.4. The highest BCUT2D eigenvalue weighted by Gasteiger charge is 2.28. The van der Waals surface area contributed by atoms with Crippen molar-refractivity contribution in [3.05, 3.63) is 0 Å². The molecule has 2 fully saturated rings. The summed E-state index contributed by atoms with van der Waals surface area (Å²) in [6.07, 6.45) is 7.44. The predicted molar refractivity (Wildman–Crippen MR) is 76.4 cm³/mol. The molecule has 1 amide bonds. The Bertz CT molecular complexity index is 345. The number of carbonyl (C=O) groups is 2. The van der Waals surface area contributed by atoms with Gasteiger partial charge in [-0.15, -0.1) is 0 Å². The molecule has 1 N–H and O–H groups in total. The van der Waals surface area contributed by atoms with Gasteiger partial charge in [-0.05, 0) is 32.7 Å². The molecule has 0 spiro atoms. The summed E-state index contributed by atoms with van der Waals surface area (Å²) in [6, 6.07) is 0.546. The van der Waals surface area contributed by atoms with Crippen LogP contribution in [-0.4, -0.2) is 59.5 Å². The number of rotatable bonds is 4.